The van der Waals surface area contributed by atoms with Gasteiger partial charge in [0.25, 0.3) is 0 Å². The third-order valence-corrected chi connectivity index (χ3v) is 5.45. The molecule has 1 aliphatic rings. The van der Waals surface area contributed by atoms with Crippen LogP contribution in [-0.4, -0.2) is 12.6 Å². The molecular weight excluding hydrogens is 294 g/mol. The van der Waals surface area contributed by atoms with Gasteiger partial charge >= 0.3 is 5.97 Å². The molecule has 22 heavy (non-hydrogen) atoms. The van der Waals surface area contributed by atoms with Gasteiger partial charge in [-0.25, -0.2) is 0 Å². The summed E-state index contributed by atoms with van der Waals surface area (Å²) in [5.41, 5.74) is 2.17. The minimum atomic E-state index is -0.523. The Morgan fingerprint density at radius 1 is 1.36 bits per heavy atom. The second-order valence-corrected chi connectivity index (χ2v) is 6.80. The van der Waals surface area contributed by atoms with Crippen LogP contribution in [0.15, 0.2) is 24.3 Å². The van der Waals surface area contributed by atoms with E-state index in [0.29, 0.717) is 6.61 Å². The quantitative estimate of drug-likeness (QED) is 0.598. The smallest absolute Gasteiger partial charge is 0.307 e. The van der Waals surface area contributed by atoms with Crippen LogP contribution in [0.5, 0.6) is 0 Å². The number of thioether (sulfide) groups is 1. The highest BCUT2D eigenvalue weighted by molar-refractivity contribution is 8.04. The Bertz CT molecular complexity index is 562. The molecule has 4 heteroatoms. The van der Waals surface area contributed by atoms with Gasteiger partial charge in [0, 0.05) is 0 Å². The zero-order valence-electron chi connectivity index (χ0n) is 14.1. The molecule has 0 bridgehead atoms. The zero-order chi connectivity index (χ0) is 16.8. The van der Waals surface area contributed by atoms with Crippen molar-refractivity contribution in [2.24, 2.45) is 5.41 Å². The van der Waals surface area contributed by atoms with Gasteiger partial charge in [0.2, 0.25) is 0 Å². The number of nitrogens with zero attached hydrogens (tertiary/aromatic N) is 1. The minimum Gasteiger partial charge on any atom is -0.466 e. The average Bonchev–Trinajstić information content (AvgIpc) is 2.69. The molecule has 1 atom stereocenters. The van der Waals surface area contributed by atoms with E-state index >= 15 is 0 Å². The number of rotatable bonds is 4. The van der Waals surface area contributed by atoms with Crippen molar-refractivity contribution >= 4 is 17.7 Å². The Labute approximate surface area is 138 Å². The molecule has 0 saturated carbocycles. The number of esters is 1. The highest BCUT2D eigenvalue weighted by Crippen LogP contribution is 2.59. The predicted octanol–water partition coefficient (Wildman–Crippen LogP) is 4.66. The summed E-state index contributed by atoms with van der Waals surface area (Å²) in [5, 5.41) is 11.5. The number of hydrogen-bond acceptors (Lipinski definition) is 4. The molecule has 1 unspecified atom stereocenters. The topological polar surface area (TPSA) is 50.1 Å². The van der Waals surface area contributed by atoms with Gasteiger partial charge in [-0.15, -0.1) is 0 Å². The molecule has 0 fully saturated rings. The summed E-state index contributed by atoms with van der Waals surface area (Å²) < 4.78 is 4.60. The molecule has 0 amide bonds. The van der Waals surface area contributed by atoms with E-state index in [1.807, 2.05) is 32.0 Å². The molecule has 0 N–H and O–H groups in total. The van der Waals surface area contributed by atoms with E-state index in [2.05, 4.69) is 25.3 Å². The van der Waals surface area contributed by atoms with Crippen molar-refractivity contribution in [1.29, 1.82) is 5.26 Å². The normalized spacial score (nSPS) is 21.1. The van der Waals surface area contributed by atoms with E-state index in [9.17, 15) is 10.1 Å². The number of ether oxygens (including phenoxy) is 1. The Morgan fingerprint density at radius 3 is 2.59 bits per heavy atom. The van der Waals surface area contributed by atoms with Gasteiger partial charge in [0.1, 0.15) is 5.40 Å². The number of nitriles is 1. The Balaban J connectivity index is 0.00000116. The van der Waals surface area contributed by atoms with Crippen LogP contribution < -0.4 is 0 Å². The number of carbonyl (C=O) groups excluding carboxylic acids is 1. The predicted molar refractivity (Wildman–Crippen MR) is 91.4 cm³/mol. The van der Waals surface area contributed by atoms with Crippen LogP contribution in [0, 0.1) is 16.1 Å². The molecule has 1 aromatic rings. The summed E-state index contributed by atoms with van der Waals surface area (Å²) in [7, 11) is 0. The van der Waals surface area contributed by atoms with Gasteiger partial charge in [-0.2, -0.15) is 5.26 Å². The molecule has 1 aliphatic carbocycles. The SMILES string of the molecule is CC.CCOC(=O)CC1(SC#N)c2ccccc2CC1(C)C. The first kappa shape index (κ1) is 18.6. The van der Waals surface area contributed by atoms with Crippen molar-refractivity contribution in [1.82, 2.24) is 0 Å². The molecule has 2 rings (SSSR count). The maximum atomic E-state index is 12.0. The first-order valence-corrected chi connectivity index (χ1v) is 8.59. The van der Waals surface area contributed by atoms with Gasteiger partial charge in [-0.05, 0) is 41.6 Å². The number of thiocyanates is 1. The maximum absolute atomic E-state index is 12.0. The van der Waals surface area contributed by atoms with Gasteiger partial charge in [0.05, 0.1) is 17.8 Å². The summed E-state index contributed by atoms with van der Waals surface area (Å²) in [6, 6.07) is 8.10. The lowest BCUT2D eigenvalue weighted by molar-refractivity contribution is -0.144. The van der Waals surface area contributed by atoms with Crippen molar-refractivity contribution in [2.45, 2.75) is 52.2 Å². The summed E-state index contributed by atoms with van der Waals surface area (Å²) >= 11 is 1.19. The largest absolute Gasteiger partial charge is 0.466 e. The van der Waals surface area contributed by atoms with Crippen molar-refractivity contribution in [3.05, 3.63) is 35.4 Å². The van der Waals surface area contributed by atoms with E-state index in [-0.39, 0.29) is 17.8 Å². The fourth-order valence-corrected chi connectivity index (χ4v) is 4.11. The molecule has 0 aliphatic heterocycles. The lowest BCUT2D eigenvalue weighted by atomic mass is 9.77. The van der Waals surface area contributed by atoms with Crippen molar-refractivity contribution in [3.8, 4) is 5.40 Å². The molecule has 0 radical (unpaired) electrons. The van der Waals surface area contributed by atoms with Crippen LogP contribution >= 0.6 is 11.8 Å². The lowest BCUT2D eigenvalue weighted by Crippen LogP contribution is -2.37. The maximum Gasteiger partial charge on any atom is 0.307 e. The fourth-order valence-electron chi connectivity index (χ4n) is 3.11. The third-order valence-electron chi connectivity index (χ3n) is 4.10. The standard InChI is InChI=1S/C16H19NO2S.C2H6/c1-4-19-14(18)10-16(20-11-17)13-8-6-5-7-12(13)9-15(16,2)3;1-2/h5-8H,4,9-10H2,1-3H3;1-2H3. The Morgan fingerprint density at radius 2 is 2.00 bits per heavy atom. The molecule has 1 aromatic carbocycles. The molecule has 3 nitrogen and oxygen atoms in total. The summed E-state index contributed by atoms with van der Waals surface area (Å²) in [5.74, 6) is -0.236. The van der Waals surface area contributed by atoms with Crippen LogP contribution in [0.3, 0.4) is 0 Å². The van der Waals surface area contributed by atoms with E-state index in [4.69, 9.17) is 4.74 Å². The van der Waals surface area contributed by atoms with Gasteiger partial charge in [0.15, 0.2) is 0 Å². The van der Waals surface area contributed by atoms with Crippen LogP contribution in [0.4, 0.5) is 0 Å². The first-order chi connectivity index (χ1) is 10.5. The van der Waals surface area contributed by atoms with Gasteiger partial charge < -0.3 is 4.74 Å². The van der Waals surface area contributed by atoms with Crippen LogP contribution in [0.2, 0.25) is 0 Å². The summed E-state index contributed by atoms with van der Waals surface area (Å²) in [6.07, 6.45) is 1.11. The second-order valence-electron chi connectivity index (χ2n) is 5.72. The van der Waals surface area contributed by atoms with Gasteiger partial charge in [-0.1, -0.05) is 52.0 Å². The van der Waals surface area contributed by atoms with Crippen molar-refractivity contribution < 1.29 is 9.53 Å². The molecule has 120 valence electrons. The van der Waals surface area contributed by atoms with E-state index in [1.165, 1.54) is 17.3 Å². The molecule has 0 heterocycles. The van der Waals surface area contributed by atoms with Crippen LogP contribution in [-0.2, 0) is 20.7 Å². The van der Waals surface area contributed by atoms with Gasteiger partial charge in [-0.3, -0.25) is 4.79 Å². The molecule has 0 saturated heterocycles. The molecule has 0 spiro atoms. The van der Waals surface area contributed by atoms with Crippen molar-refractivity contribution in [2.75, 3.05) is 6.61 Å². The number of carbonyl (C=O) groups is 1. The summed E-state index contributed by atoms with van der Waals surface area (Å²) in [6.45, 7) is 10.4. The highest BCUT2D eigenvalue weighted by atomic mass is 32.2. The number of fused-ring (bicyclic) bond motifs is 1. The van der Waals surface area contributed by atoms with E-state index in [1.54, 1.807) is 6.92 Å². The van der Waals surface area contributed by atoms with E-state index in [0.717, 1.165) is 12.0 Å². The fraction of sp³-hybridized carbons (Fsp3) is 0.556. The first-order valence-electron chi connectivity index (χ1n) is 7.78. The second kappa shape index (κ2) is 7.69. The average molecular weight is 319 g/mol. The van der Waals surface area contributed by atoms with Crippen LogP contribution in [0.25, 0.3) is 0 Å². The number of hydrogen-bond donors (Lipinski definition) is 0. The van der Waals surface area contributed by atoms with Crippen molar-refractivity contribution in [3.63, 3.8) is 0 Å². The Hall–Kier alpha value is -1.47. The zero-order valence-corrected chi connectivity index (χ0v) is 14.9. The van der Waals surface area contributed by atoms with E-state index < -0.39 is 4.75 Å². The lowest BCUT2D eigenvalue weighted by Gasteiger charge is -2.38. The summed E-state index contributed by atoms with van der Waals surface area (Å²) in [4.78, 5) is 12.0. The monoisotopic (exact) mass is 319 g/mol. The molecular formula is C18H25NO2S. The number of benzene rings is 1. The third kappa shape index (κ3) is 3.30. The highest BCUT2D eigenvalue weighted by Gasteiger charge is 2.54. The minimum absolute atomic E-state index is 0.163. The Kier molecular flexibility index (Phi) is 6.49. The molecule has 0 aromatic heterocycles. The van der Waals surface area contributed by atoms with Crippen LogP contribution in [0.1, 0.15) is 52.2 Å².